The molecule has 2 N–H and O–H groups in total. The van der Waals surface area contributed by atoms with Crippen molar-refractivity contribution >= 4 is 65.3 Å². The Hall–Kier alpha value is -6.86. The number of rotatable bonds is 18. The molecule has 0 radical (unpaired) electrons. The summed E-state index contributed by atoms with van der Waals surface area (Å²) >= 11 is 6.76. The van der Waals surface area contributed by atoms with Crippen LogP contribution in [0.15, 0.2) is 60.2 Å². The summed E-state index contributed by atoms with van der Waals surface area (Å²) in [5.41, 5.74) is -1.03. The van der Waals surface area contributed by atoms with Gasteiger partial charge in [0.2, 0.25) is 5.91 Å². The van der Waals surface area contributed by atoms with Gasteiger partial charge in [-0.1, -0.05) is 60.9 Å². The summed E-state index contributed by atoms with van der Waals surface area (Å²) in [4.78, 5) is 122. The van der Waals surface area contributed by atoms with Gasteiger partial charge in [-0.15, -0.1) is 0 Å². The molecule has 2 unspecified atom stereocenters. The van der Waals surface area contributed by atoms with E-state index in [-0.39, 0.29) is 69.3 Å². The lowest BCUT2D eigenvalue weighted by atomic mass is 9.83. The van der Waals surface area contributed by atoms with E-state index in [0.717, 1.165) is 52.4 Å². The molecule has 10 atom stereocenters. The topological polar surface area (TPSA) is 285 Å². The van der Waals surface area contributed by atoms with Gasteiger partial charge in [0, 0.05) is 78.7 Å². The number of ketones is 1. The van der Waals surface area contributed by atoms with E-state index in [2.05, 4.69) is 5.32 Å². The van der Waals surface area contributed by atoms with Gasteiger partial charge in [-0.05, 0) is 69.7 Å². The lowest BCUT2D eigenvalue weighted by Crippen LogP contribution is -2.63. The first-order valence-corrected chi connectivity index (χ1v) is 27.6. The normalized spacial score (nSPS) is 28.3. The third-order valence-electron chi connectivity index (χ3n) is 15.2. The van der Waals surface area contributed by atoms with Crippen LogP contribution < -0.4 is 10.1 Å². The average Bonchev–Trinajstić information content (AvgIpc) is 4.23. The molecule has 1 aromatic carbocycles. The van der Waals surface area contributed by atoms with Crippen molar-refractivity contribution < 1.29 is 90.9 Å². The number of carbonyl (C=O) groups is 9. The number of halogens is 1. The van der Waals surface area contributed by atoms with Gasteiger partial charge in [-0.2, -0.15) is 0 Å². The van der Waals surface area contributed by atoms with Crippen molar-refractivity contribution in [2.24, 2.45) is 5.92 Å². The summed E-state index contributed by atoms with van der Waals surface area (Å²) in [6.45, 7) is 5.64. The molecule has 3 aliphatic heterocycles. The van der Waals surface area contributed by atoms with E-state index < -0.39 is 114 Å². The van der Waals surface area contributed by atoms with Gasteiger partial charge >= 0.3 is 30.2 Å². The van der Waals surface area contributed by atoms with Gasteiger partial charge in [-0.25, -0.2) is 24.0 Å². The molecule has 3 heterocycles. The second kappa shape index (κ2) is 28.9. The molecule has 82 heavy (non-hydrogen) atoms. The number of benzene rings is 1. The molecule has 2 aliphatic carbocycles. The first kappa shape index (κ1) is 64.3. The summed E-state index contributed by atoms with van der Waals surface area (Å²) < 4.78 is 51.4. The highest BCUT2D eigenvalue weighted by Gasteiger charge is 2.64. The average molecular weight is 1170 g/mol. The Balaban J connectivity index is 1.02. The zero-order valence-electron chi connectivity index (χ0n) is 47.9. The number of likely N-dealkylation sites (N-methyl/N-ethyl adjacent to an activating group) is 3. The molecule has 2 fully saturated rings. The molecule has 6 amide bonds. The van der Waals surface area contributed by atoms with Crippen molar-refractivity contribution in [2.45, 2.75) is 139 Å². The van der Waals surface area contributed by atoms with E-state index in [9.17, 15) is 48.3 Å². The quantitative estimate of drug-likeness (QED) is 0.0670. The molecular formula is C57H76ClN5O19. The second-order valence-corrected chi connectivity index (χ2v) is 21.7. The molecule has 1 aromatic rings. The van der Waals surface area contributed by atoms with Crippen molar-refractivity contribution in [1.29, 1.82) is 0 Å². The van der Waals surface area contributed by atoms with Crippen LogP contribution in [0.2, 0.25) is 5.02 Å². The van der Waals surface area contributed by atoms with Crippen LogP contribution in [0.5, 0.6) is 5.75 Å². The zero-order valence-corrected chi connectivity index (χ0v) is 48.6. The van der Waals surface area contributed by atoms with Crippen LogP contribution in [0.3, 0.4) is 0 Å². The van der Waals surface area contributed by atoms with Gasteiger partial charge in [0.1, 0.15) is 67.4 Å². The molecule has 0 saturated carbocycles. The molecular weight excluding hydrogens is 1090 g/mol. The summed E-state index contributed by atoms with van der Waals surface area (Å²) in [7, 11) is 7.17. The molecule has 6 rings (SSSR count). The van der Waals surface area contributed by atoms with Gasteiger partial charge < -0.3 is 62.4 Å². The van der Waals surface area contributed by atoms with E-state index in [1.165, 1.54) is 52.1 Å². The number of esters is 2. The number of hydrogen-bond donors (Lipinski definition) is 2. The van der Waals surface area contributed by atoms with Gasteiger partial charge in [-0.3, -0.25) is 29.4 Å². The Morgan fingerprint density at radius 1 is 0.939 bits per heavy atom. The largest absolute Gasteiger partial charge is 0.495 e. The van der Waals surface area contributed by atoms with Crippen molar-refractivity contribution in [3.63, 3.8) is 0 Å². The first-order chi connectivity index (χ1) is 38.9. The maximum absolute atomic E-state index is 14.1. The van der Waals surface area contributed by atoms with Gasteiger partial charge in [0.15, 0.2) is 5.72 Å². The van der Waals surface area contributed by atoms with Crippen LogP contribution in [0, 0.1) is 5.92 Å². The zero-order chi connectivity index (χ0) is 60.1. The lowest BCUT2D eigenvalue weighted by molar-refractivity contribution is -0.162. The number of fused-ring (bicyclic) bond motifs is 5. The highest BCUT2D eigenvalue weighted by atomic mass is 35.5. The van der Waals surface area contributed by atoms with Crippen molar-refractivity contribution in [1.82, 2.24) is 24.9 Å². The molecule has 5 aliphatic rings. The molecule has 0 aromatic heterocycles. The predicted octanol–water partition coefficient (Wildman–Crippen LogP) is 4.54. The highest BCUT2D eigenvalue weighted by molar-refractivity contribution is 6.33. The second-order valence-electron chi connectivity index (χ2n) is 21.3. The van der Waals surface area contributed by atoms with Crippen LogP contribution >= 0.6 is 11.6 Å². The summed E-state index contributed by atoms with van der Waals surface area (Å²) in [6.07, 6.45) is 5.45. The Morgan fingerprint density at radius 3 is 2.34 bits per heavy atom. The summed E-state index contributed by atoms with van der Waals surface area (Å²) in [5.74, 6) is -3.78. The smallest absolute Gasteiger partial charge is 0.410 e. The van der Waals surface area contributed by atoms with Crippen molar-refractivity contribution in [3.05, 3.63) is 76.4 Å². The minimum atomic E-state index is -1.89. The molecule has 0 spiro atoms. The number of aliphatic hydroxyl groups is 1. The fourth-order valence-electron chi connectivity index (χ4n) is 9.98. The maximum atomic E-state index is 14.1. The standard InChI is InChI=1S/C57H76ClN5O19/c1-34-15-14-18-44(75-9)57(73)32-43(79-53(70)59-57)35(2)51-56(4,82-51)45(31-39(64)30-38-28-37(27-34)29-42(74-8)50(38)58)81-52(69)36(3)62(7)46(65)21-25-77-54(71)60(5)22-23-61(6)55(72)80-41-17-13-11-10-12-16-40(41)78-33-49(68)76-26-24-63-47(66)19-20-48(63)67/h13-15,17-20,28-29,35-36,40-41,43-45,51,73H,10-12,16,21-27,30-33H2,1-9H3,(H,59,70)/b17-13+,18-14+,34-15+/t35-,36+,40?,41?,43+,44-,45+,51+,56+,57+/m1/s1. The number of Topliss-reactive ketones (excluding diaryl/α,β-unsaturated/α-hetero) is 1. The third-order valence-corrected chi connectivity index (χ3v) is 15.6. The first-order valence-electron chi connectivity index (χ1n) is 27.2. The number of allylic oxidation sites excluding steroid dienone is 4. The summed E-state index contributed by atoms with van der Waals surface area (Å²) in [6, 6.07) is 2.37. The van der Waals surface area contributed by atoms with Crippen molar-refractivity contribution in [3.8, 4) is 5.75 Å². The summed E-state index contributed by atoms with van der Waals surface area (Å²) in [5, 5.41) is 14.6. The number of hydrogen-bond acceptors (Lipinski definition) is 19. The van der Waals surface area contributed by atoms with Gasteiger partial charge in [0.25, 0.3) is 11.8 Å². The Labute approximate surface area is 481 Å². The number of nitrogens with zero attached hydrogens (tertiary/aromatic N) is 4. The number of alkyl carbamates (subject to hydrolysis) is 1. The fourth-order valence-corrected chi connectivity index (χ4v) is 10.2. The monoisotopic (exact) mass is 1170 g/mol. The highest BCUT2D eigenvalue weighted by Crippen LogP contribution is 2.49. The van der Waals surface area contributed by atoms with Crippen LogP contribution in [0.4, 0.5) is 14.4 Å². The molecule has 4 bridgehead atoms. The third kappa shape index (κ3) is 16.9. The van der Waals surface area contributed by atoms with E-state index in [0.29, 0.717) is 24.2 Å². The SMILES string of the molecule is COc1cc2cc(c1Cl)CC(=O)C[C@H](OC(=O)[C@H](C)N(C)C(=O)CCOC(=O)N(C)CCN(C)C(=O)OC1/C=C/CCCCC1OCC(=O)OCCN1C(=O)C=CC1=O)[C@]1(C)O[C@H]1[C@H](C)[C@@H]1C[C@@](O)(NC(=O)O1)[C@H](OC)/C=C/C=C(\C)C2. The lowest BCUT2D eigenvalue weighted by Gasteiger charge is -2.42. The van der Waals surface area contributed by atoms with Crippen LogP contribution in [-0.4, -0.2) is 207 Å². The molecule has 25 heteroatoms. The fraction of sp³-hybridized carbons (Fsp3) is 0.596. The minimum Gasteiger partial charge on any atom is -0.495 e. The number of epoxide rings is 1. The minimum absolute atomic E-state index is 0.00602. The predicted molar refractivity (Wildman–Crippen MR) is 292 cm³/mol. The van der Waals surface area contributed by atoms with E-state index in [4.69, 9.17) is 54.2 Å². The Morgan fingerprint density at radius 2 is 1.65 bits per heavy atom. The number of methoxy groups -OCH3 is 2. The molecule has 24 nitrogen and oxygen atoms in total. The van der Waals surface area contributed by atoms with Crippen molar-refractivity contribution in [2.75, 3.05) is 74.8 Å². The van der Waals surface area contributed by atoms with Crippen LogP contribution in [0.25, 0.3) is 0 Å². The number of amides is 6. The molecule has 2 saturated heterocycles. The number of ether oxygens (including phenoxy) is 9. The number of nitrogens with one attached hydrogen (secondary N) is 1. The Kier molecular flexibility index (Phi) is 22.7. The van der Waals surface area contributed by atoms with Crippen LogP contribution in [-0.2, 0) is 79.5 Å². The molecule has 450 valence electrons. The van der Waals surface area contributed by atoms with E-state index in [1.54, 1.807) is 44.2 Å². The van der Waals surface area contributed by atoms with E-state index in [1.807, 2.05) is 19.1 Å². The maximum Gasteiger partial charge on any atom is 0.410 e. The van der Waals surface area contributed by atoms with Crippen LogP contribution in [0.1, 0.15) is 83.8 Å². The Bertz CT molecular complexity index is 2660. The van der Waals surface area contributed by atoms with E-state index >= 15 is 0 Å². The van der Waals surface area contributed by atoms with Gasteiger partial charge in [0.05, 0.1) is 37.3 Å². The number of imide groups is 1. The number of carbonyl (C=O) groups excluding carboxylic acids is 9.